The monoisotopic (exact) mass is 423 g/mol. The molecule has 4 aliphatic carbocycles. The molecule has 2 saturated carbocycles. The lowest BCUT2D eigenvalue weighted by atomic mass is 9.84. The molecule has 3 heteroatoms. The van der Waals surface area contributed by atoms with E-state index in [1.807, 2.05) is 0 Å². The summed E-state index contributed by atoms with van der Waals surface area (Å²) in [5.41, 5.74) is 11.0. The molecule has 2 heterocycles. The Hall–Kier alpha value is -3.56. The first-order valence-corrected chi connectivity index (χ1v) is 12.4. The molecule has 156 valence electrons. The fourth-order valence-electron chi connectivity index (χ4n) is 8.81. The minimum atomic E-state index is 0.560. The van der Waals surface area contributed by atoms with Crippen molar-refractivity contribution in [2.24, 2.45) is 0 Å². The van der Waals surface area contributed by atoms with Crippen molar-refractivity contribution >= 4 is 38.1 Å². The van der Waals surface area contributed by atoms with E-state index in [0.29, 0.717) is 23.7 Å². The number of nitrogens with zero attached hydrogens (tertiary/aromatic N) is 3. The molecule has 4 unspecified atom stereocenters. The molecule has 0 spiro atoms. The van der Waals surface area contributed by atoms with Gasteiger partial charge in [-0.3, -0.25) is 0 Å². The van der Waals surface area contributed by atoms with E-state index in [2.05, 4.69) is 46.9 Å². The molecule has 0 aliphatic heterocycles. The number of hydrogen-bond acceptors (Lipinski definition) is 2. The van der Waals surface area contributed by atoms with Crippen LogP contribution < -0.4 is 0 Å². The fourth-order valence-corrected chi connectivity index (χ4v) is 8.81. The van der Waals surface area contributed by atoms with Gasteiger partial charge in [-0.1, -0.05) is 18.2 Å². The summed E-state index contributed by atoms with van der Waals surface area (Å²) in [5, 5.41) is 25.6. The van der Waals surface area contributed by atoms with Crippen LogP contribution in [0.1, 0.15) is 95.6 Å². The third kappa shape index (κ3) is 1.69. The van der Waals surface area contributed by atoms with Crippen LogP contribution in [0, 0.1) is 22.7 Å². The predicted octanol–water partition coefficient (Wildman–Crippen LogP) is 7.31. The van der Waals surface area contributed by atoms with Gasteiger partial charge in [0.05, 0.1) is 39.8 Å². The minimum Gasteiger partial charge on any atom is -0.308 e. The van der Waals surface area contributed by atoms with Crippen LogP contribution in [-0.4, -0.2) is 4.40 Å². The highest BCUT2D eigenvalue weighted by Crippen LogP contribution is 2.60. The third-order valence-corrected chi connectivity index (χ3v) is 9.79. The summed E-state index contributed by atoms with van der Waals surface area (Å²) in [6.45, 7) is 0. The van der Waals surface area contributed by atoms with Gasteiger partial charge in [-0.15, -0.1) is 0 Å². The van der Waals surface area contributed by atoms with Gasteiger partial charge in [-0.2, -0.15) is 10.5 Å². The van der Waals surface area contributed by atoms with E-state index in [1.54, 1.807) is 0 Å². The van der Waals surface area contributed by atoms with Gasteiger partial charge in [-0.05, 0) is 96.6 Å². The Kier molecular flexibility index (Phi) is 2.74. The molecule has 4 aliphatic rings. The van der Waals surface area contributed by atoms with Crippen LogP contribution in [0.4, 0.5) is 0 Å². The predicted molar refractivity (Wildman–Crippen MR) is 129 cm³/mol. The van der Waals surface area contributed by atoms with Gasteiger partial charge >= 0.3 is 0 Å². The van der Waals surface area contributed by atoms with E-state index in [9.17, 15) is 10.5 Å². The molecule has 4 bridgehead atoms. The summed E-state index contributed by atoms with van der Waals surface area (Å²) in [4.78, 5) is 0. The number of rotatable bonds is 0. The molecule has 0 radical (unpaired) electrons. The van der Waals surface area contributed by atoms with Crippen molar-refractivity contribution in [3.63, 3.8) is 0 Å². The summed E-state index contributed by atoms with van der Waals surface area (Å²) in [6.07, 6.45) is 7.37. The molecular formula is C30H21N3. The highest BCUT2D eigenvalue weighted by Gasteiger charge is 2.43. The summed E-state index contributed by atoms with van der Waals surface area (Å²) < 4.78 is 2.41. The number of nitriles is 2. The molecule has 33 heavy (non-hydrogen) atoms. The third-order valence-electron chi connectivity index (χ3n) is 9.79. The first kappa shape index (κ1) is 17.0. The zero-order valence-corrected chi connectivity index (χ0v) is 18.3. The number of hydrogen-bond donors (Lipinski definition) is 0. The van der Waals surface area contributed by atoms with Crippen molar-refractivity contribution < 1.29 is 0 Å². The standard InChI is InChI=1S/C30H21N3/c31-12-18-10-22-28(26-16-6-4-14(8-16)24(18)26)20-2-1-3-21-29-23(33(22)30(20)21)11-19(13-32)25-15-5-7-17(9-15)27(25)29/h1-3,10-11,14-17H,4-9H2. The molecule has 0 N–H and O–H groups in total. The van der Waals surface area contributed by atoms with Gasteiger partial charge < -0.3 is 4.40 Å². The van der Waals surface area contributed by atoms with Crippen molar-refractivity contribution in [2.45, 2.75) is 62.2 Å². The lowest BCUT2D eigenvalue weighted by Gasteiger charge is -2.19. The van der Waals surface area contributed by atoms with Crippen LogP contribution in [0.2, 0.25) is 0 Å². The van der Waals surface area contributed by atoms with Crippen molar-refractivity contribution in [3.8, 4) is 12.1 Å². The minimum absolute atomic E-state index is 0.560. The molecule has 2 aromatic heterocycles. The summed E-state index contributed by atoms with van der Waals surface area (Å²) in [5.74, 6) is 2.30. The zero-order chi connectivity index (χ0) is 21.6. The maximum Gasteiger partial charge on any atom is 0.0995 e. The van der Waals surface area contributed by atoms with Crippen molar-refractivity contribution in [1.82, 2.24) is 4.40 Å². The van der Waals surface area contributed by atoms with E-state index < -0.39 is 0 Å². The quantitative estimate of drug-likeness (QED) is 0.262. The molecular weight excluding hydrogens is 402 g/mol. The van der Waals surface area contributed by atoms with Gasteiger partial charge in [0.15, 0.2) is 0 Å². The van der Waals surface area contributed by atoms with Crippen molar-refractivity contribution in [2.75, 3.05) is 0 Å². The Labute approximate surface area is 191 Å². The Morgan fingerprint density at radius 1 is 0.667 bits per heavy atom. The van der Waals surface area contributed by atoms with Gasteiger partial charge in [0.2, 0.25) is 0 Å². The van der Waals surface area contributed by atoms with Crippen molar-refractivity contribution in [3.05, 3.63) is 63.7 Å². The Bertz CT molecular complexity index is 1690. The van der Waals surface area contributed by atoms with E-state index in [1.165, 1.54) is 98.9 Å². The molecule has 9 rings (SSSR count). The van der Waals surface area contributed by atoms with E-state index in [4.69, 9.17) is 0 Å². The summed E-state index contributed by atoms with van der Waals surface area (Å²) >= 11 is 0. The second-order valence-electron chi connectivity index (χ2n) is 11.0. The molecule has 0 saturated heterocycles. The first-order chi connectivity index (χ1) is 16.3. The number of benzene rings is 3. The lowest BCUT2D eigenvalue weighted by Crippen LogP contribution is -2.03. The zero-order valence-electron chi connectivity index (χ0n) is 18.3. The lowest BCUT2D eigenvalue weighted by molar-refractivity contribution is 0.720. The van der Waals surface area contributed by atoms with Gasteiger partial charge in [-0.25, -0.2) is 0 Å². The Balaban J connectivity index is 1.56. The first-order valence-electron chi connectivity index (χ1n) is 12.4. The average molecular weight is 424 g/mol. The second-order valence-corrected chi connectivity index (χ2v) is 11.0. The van der Waals surface area contributed by atoms with Crippen LogP contribution in [0.5, 0.6) is 0 Å². The largest absolute Gasteiger partial charge is 0.308 e. The van der Waals surface area contributed by atoms with Gasteiger partial charge in [0, 0.05) is 21.5 Å². The molecule has 3 nitrogen and oxygen atoms in total. The van der Waals surface area contributed by atoms with Crippen LogP contribution in [0.3, 0.4) is 0 Å². The fraction of sp³-hybridized carbons (Fsp3) is 0.333. The van der Waals surface area contributed by atoms with Crippen LogP contribution in [0.15, 0.2) is 30.3 Å². The topological polar surface area (TPSA) is 52.0 Å². The number of fused-ring (bicyclic) bond motifs is 18. The van der Waals surface area contributed by atoms with Crippen LogP contribution >= 0.6 is 0 Å². The number of aromatic nitrogens is 1. The van der Waals surface area contributed by atoms with E-state index in [-0.39, 0.29) is 0 Å². The van der Waals surface area contributed by atoms with E-state index in [0.717, 1.165) is 11.1 Å². The number of para-hydroxylation sites is 1. The average Bonchev–Trinajstić information content (AvgIpc) is 3.68. The smallest absolute Gasteiger partial charge is 0.0995 e. The normalized spacial score (nSPS) is 26.6. The SMILES string of the molecule is N#Cc1cc2c(c3c1C1CCC3C1)c1cccc3c4c5c(c(C#N)cc4n2c13)C1CCC5C1. The highest BCUT2D eigenvalue weighted by atomic mass is 14.9. The van der Waals surface area contributed by atoms with Crippen LogP contribution in [0.25, 0.3) is 38.1 Å². The van der Waals surface area contributed by atoms with Crippen LogP contribution in [-0.2, 0) is 0 Å². The van der Waals surface area contributed by atoms with E-state index >= 15 is 0 Å². The molecule has 2 fully saturated rings. The highest BCUT2D eigenvalue weighted by molar-refractivity contribution is 6.25. The summed E-state index contributed by atoms with van der Waals surface area (Å²) in [6, 6.07) is 16.3. The second kappa shape index (κ2) is 5.32. The Morgan fingerprint density at radius 2 is 1.12 bits per heavy atom. The molecule has 4 atom stereocenters. The maximum absolute atomic E-state index is 10.1. The molecule has 0 amide bonds. The van der Waals surface area contributed by atoms with Gasteiger partial charge in [0.1, 0.15) is 0 Å². The molecule has 5 aromatic rings. The van der Waals surface area contributed by atoms with Crippen molar-refractivity contribution in [1.29, 1.82) is 10.5 Å². The Morgan fingerprint density at radius 3 is 1.58 bits per heavy atom. The molecule has 3 aromatic carbocycles. The van der Waals surface area contributed by atoms with Gasteiger partial charge in [0.25, 0.3) is 0 Å². The summed E-state index contributed by atoms with van der Waals surface area (Å²) in [7, 11) is 0. The maximum atomic E-state index is 10.1.